The second-order valence-corrected chi connectivity index (χ2v) is 12.8. The average Bonchev–Trinajstić information content (AvgIpc) is 3.62. The molecule has 2 N–H and O–H groups in total. The van der Waals surface area contributed by atoms with Crippen LogP contribution in [0.2, 0.25) is 5.02 Å². The van der Waals surface area contributed by atoms with E-state index in [0.29, 0.717) is 72.6 Å². The number of piperidine rings is 1. The van der Waals surface area contributed by atoms with Crippen molar-refractivity contribution >= 4 is 39.2 Å². The standard InChI is InChI=1S/C27H32ClN9O3S/c1-18(38)35-9-6-22(17-35)30-13-19-4-5-25(23(28)12-19)37-16-20(14-32-37)26-24(29-2)15-31-27(34-26)33-21-7-10-36(11-8-21)41(3,39)40/h4-5,12,14-16,21-22,30H,6-11,13,17H2,1,3H3,(H,31,33,34)/t22-/m1/s1. The smallest absolute Gasteiger partial charge is 0.231 e. The lowest BCUT2D eigenvalue weighted by Crippen LogP contribution is -2.42. The molecule has 0 unspecified atom stereocenters. The summed E-state index contributed by atoms with van der Waals surface area (Å²) in [4.78, 5) is 25.9. The van der Waals surface area contributed by atoms with Gasteiger partial charge in [-0.3, -0.25) is 4.79 Å². The Labute approximate surface area is 244 Å². The molecular formula is C27H32ClN9O3S. The second kappa shape index (κ2) is 12.1. The highest BCUT2D eigenvalue weighted by molar-refractivity contribution is 7.88. The fourth-order valence-corrected chi connectivity index (χ4v) is 6.32. The Hall–Kier alpha value is -3.57. The van der Waals surface area contributed by atoms with Gasteiger partial charge in [0.05, 0.1) is 35.4 Å². The third-order valence-electron chi connectivity index (χ3n) is 7.49. The molecule has 2 aliphatic rings. The van der Waals surface area contributed by atoms with Gasteiger partial charge in [-0.25, -0.2) is 32.2 Å². The monoisotopic (exact) mass is 597 g/mol. The van der Waals surface area contributed by atoms with E-state index in [-0.39, 0.29) is 18.0 Å². The van der Waals surface area contributed by atoms with E-state index in [4.69, 9.17) is 18.2 Å². The number of aromatic nitrogens is 4. The van der Waals surface area contributed by atoms with Crippen molar-refractivity contribution in [3.8, 4) is 16.9 Å². The van der Waals surface area contributed by atoms with Crippen LogP contribution in [0.25, 0.3) is 21.8 Å². The minimum Gasteiger partial charge on any atom is -0.351 e. The molecule has 0 radical (unpaired) electrons. The minimum atomic E-state index is -3.20. The van der Waals surface area contributed by atoms with Crippen molar-refractivity contribution < 1.29 is 13.2 Å². The van der Waals surface area contributed by atoms with Gasteiger partial charge in [0.15, 0.2) is 0 Å². The molecule has 0 saturated carbocycles. The Morgan fingerprint density at radius 2 is 1.93 bits per heavy atom. The molecule has 2 aromatic heterocycles. The first kappa shape index (κ1) is 28.9. The fraction of sp³-hybridized carbons (Fsp3) is 0.444. The predicted octanol–water partition coefficient (Wildman–Crippen LogP) is 3.08. The Morgan fingerprint density at radius 1 is 1.17 bits per heavy atom. The van der Waals surface area contributed by atoms with Crippen LogP contribution in [-0.4, -0.2) is 87.8 Å². The summed E-state index contributed by atoms with van der Waals surface area (Å²) in [5.41, 5.74) is 3.11. The third kappa shape index (κ3) is 6.84. The summed E-state index contributed by atoms with van der Waals surface area (Å²) < 4.78 is 26.7. The van der Waals surface area contributed by atoms with Gasteiger partial charge in [-0.05, 0) is 37.0 Å². The van der Waals surface area contributed by atoms with E-state index in [0.717, 1.165) is 18.5 Å². The molecule has 5 rings (SSSR count). The number of carbonyl (C=O) groups is 1. The van der Waals surface area contributed by atoms with Gasteiger partial charge in [0.1, 0.15) is 0 Å². The number of sulfonamides is 1. The molecule has 1 atom stereocenters. The van der Waals surface area contributed by atoms with E-state index in [9.17, 15) is 13.2 Å². The van der Waals surface area contributed by atoms with E-state index in [1.165, 1.54) is 16.8 Å². The number of rotatable bonds is 8. The number of nitrogens with one attached hydrogen (secondary N) is 2. The maximum atomic E-state index is 11.8. The highest BCUT2D eigenvalue weighted by Crippen LogP contribution is 2.31. The Kier molecular flexibility index (Phi) is 8.55. The summed E-state index contributed by atoms with van der Waals surface area (Å²) in [6.45, 7) is 12.2. The Morgan fingerprint density at radius 3 is 2.59 bits per heavy atom. The van der Waals surface area contributed by atoms with Crippen LogP contribution in [0.3, 0.4) is 0 Å². The van der Waals surface area contributed by atoms with Crippen molar-refractivity contribution in [2.45, 2.75) is 44.8 Å². The molecular weight excluding hydrogens is 566 g/mol. The number of anilines is 1. The number of hydrogen-bond acceptors (Lipinski definition) is 8. The molecule has 41 heavy (non-hydrogen) atoms. The molecule has 2 saturated heterocycles. The SMILES string of the molecule is [C-]#[N+]c1cnc(NC2CCN(S(C)(=O)=O)CC2)nc1-c1cnn(-c2ccc(CN[C@@H]3CCN(C(C)=O)C3)cc2Cl)c1. The number of halogens is 1. The first-order chi connectivity index (χ1) is 19.6. The number of likely N-dealkylation sites (tertiary alicyclic amines) is 1. The summed E-state index contributed by atoms with van der Waals surface area (Å²) in [6.07, 6.45) is 8.31. The van der Waals surface area contributed by atoms with Crippen molar-refractivity contribution in [3.63, 3.8) is 0 Å². The van der Waals surface area contributed by atoms with Crippen LogP contribution < -0.4 is 10.6 Å². The minimum absolute atomic E-state index is 0.0240. The molecule has 1 aromatic carbocycles. The molecule has 12 nitrogen and oxygen atoms in total. The van der Waals surface area contributed by atoms with Crippen LogP contribution in [0, 0.1) is 6.57 Å². The van der Waals surface area contributed by atoms with Crippen LogP contribution in [0.1, 0.15) is 31.7 Å². The predicted molar refractivity (Wildman–Crippen MR) is 156 cm³/mol. The van der Waals surface area contributed by atoms with Gasteiger partial charge >= 0.3 is 0 Å². The van der Waals surface area contributed by atoms with Crippen molar-refractivity contribution in [2.24, 2.45) is 0 Å². The van der Waals surface area contributed by atoms with E-state index in [2.05, 4.69) is 30.5 Å². The number of hydrogen-bond donors (Lipinski definition) is 2. The van der Waals surface area contributed by atoms with Crippen molar-refractivity contribution in [1.82, 2.24) is 34.3 Å². The highest BCUT2D eigenvalue weighted by atomic mass is 35.5. The summed E-state index contributed by atoms with van der Waals surface area (Å²) in [6, 6.07) is 6.07. The summed E-state index contributed by atoms with van der Waals surface area (Å²) in [5.74, 6) is 0.479. The van der Waals surface area contributed by atoms with Gasteiger partial charge < -0.3 is 15.5 Å². The van der Waals surface area contributed by atoms with Crippen LogP contribution in [0.4, 0.5) is 11.6 Å². The van der Waals surface area contributed by atoms with Crippen molar-refractivity contribution in [3.05, 3.63) is 58.8 Å². The molecule has 0 spiro atoms. The average molecular weight is 598 g/mol. The lowest BCUT2D eigenvalue weighted by atomic mass is 10.1. The normalized spacial score (nSPS) is 18.4. The first-order valence-corrected chi connectivity index (χ1v) is 15.6. The van der Waals surface area contributed by atoms with Gasteiger partial charge in [-0.1, -0.05) is 17.7 Å². The van der Waals surface area contributed by atoms with E-state index >= 15 is 0 Å². The molecule has 2 fully saturated rings. The molecule has 2 aliphatic heterocycles. The molecule has 14 heteroatoms. The fourth-order valence-electron chi connectivity index (χ4n) is 5.15. The summed E-state index contributed by atoms with van der Waals surface area (Å²) in [5, 5.41) is 11.8. The van der Waals surface area contributed by atoms with E-state index < -0.39 is 10.0 Å². The van der Waals surface area contributed by atoms with Gasteiger partial charge in [0.2, 0.25) is 27.6 Å². The number of carbonyl (C=O) groups excluding carboxylic acids is 1. The molecule has 3 aromatic rings. The maximum absolute atomic E-state index is 11.8. The highest BCUT2D eigenvalue weighted by Gasteiger charge is 2.26. The zero-order chi connectivity index (χ0) is 29.1. The quantitative estimate of drug-likeness (QED) is 0.379. The maximum Gasteiger partial charge on any atom is 0.231 e. The van der Waals surface area contributed by atoms with Crippen LogP contribution in [-0.2, 0) is 21.4 Å². The van der Waals surface area contributed by atoms with Gasteiger partial charge in [-0.15, -0.1) is 0 Å². The zero-order valence-corrected chi connectivity index (χ0v) is 24.5. The topological polar surface area (TPSA) is 130 Å². The van der Waals surface area contributed by atoms with Crippen LogP contribution in [0.5, 0.6) is 0 Å². The lowest BCUT2D eigenvalue weighted by Gasteiger charge is -2.30. The van der Waals surface area contributed by atoms with Gasteiger partial charge in [-0.2, -0.15) is 5.10 Å². The molecule has 216 valence electrons. The van der Waals surface area contributed by atoms with E-state index in [1.807, 2.05) is 23.1 Å². The summed E-state index contributed by atoms with van der Waals surface area (Å²) >= 11 is 6.64. The number of amides is 1. The van der Waals surface area contributed by atoms with Crippen LogP contribution in [0.15, 0.2) is 36.8 Å². The van der Waals surface area contributed by atoms with Gasteiger partial charge in [0, 0.05) is 69.7 Å². The number of nitrogens with zero attached hydrogens (tertiary/aromatic N) is 7. The van der Waals surface area contributed by atoms with E-state index in [1.54, 1.807) is 24.0 Å². The molecule has 0 bridgehead atoms. The third-order valence-corrected chi connectivity index (χ3v) is 9.10. The lowest BCUT2D eigenvalue weighted by molar-refractivity contribution is -0.127. The van der Waals surface area contributed by atoms with Crippen molar-refractivity contribution in [2.75, 3.05) is 37.8 Å². The molecule has 1 amide bonds. The largest absolute Gasteiger partial charge is 0.351 e. The van der Waals surface area contributed by atoms with Crippen molar-refractivity contribution in [1.29, 1.82) is 0 Å². The first-order valence-electron chi connectivity index (χ1n) is 13.4. The Bertz CT molecular complexity index is 1580. The van der Waals surface area contributed by atoms with Crippen LogP contribution >= 0.6 is 11.6 Å². The number of benzene rings is 1. The second-order valence-electron chi connectivity index (χ2n) is 10.4. The molecule has 0 aliphatic carbocycles. The Balaban J connectivity index is 1.26. The molecule has 4 heterocycles. The summed E-state index contributed by atoms with van der Waals surface area (Å²) in [7, 11) is -3.20. The zero-order valence-electron chi connectivity index (χ0n) is 22.9. The van der Waals surface area contributed by atoms with Gasteiger partial charge in [0.25, 0.3) is 0 Å².